The van der Waals surface area contributed by atoms with Crippen LogP contribution < -0.4 is 10.6 Å². The van der Waals surface area contributed by atoms with Crippen molar-refractivity contribution in [2.75, 3.05) is 11.9 Å². The fourth-order valence-corrected chi connectivity index (χ4v) is 1.40. The summed E-state index contributed by atoms with van der Waals surface area (Å²) in [6, 6.07) is -0.263. The van der Waals surface area contributed by atoms with E-state index in [2.05, 4.69) is 15.5 Å². The van der Waals surface area contributed by atoms with Gasteiger partial charge in [-0.3, -0.25) is 0 Å². The largest absolute Gasteiger partial charge is 0.406 e. The van der Waals surface area contributed by atoms with Crippen LogP contribution in [0.25, 0.3) is 0 Å². The number of nitrogens with zero attached hydrogens (tertiary/aromatic N) is 2. The van der Waals surface area contributed by atoms with Crippen LogP contribution in [-0.2, 0) is 6.54 Å². The van der Waals surface area contributed by atoms with Crippen molar-refractivity contribution < 1.29 is 22.0 Å². The third kappa shape index (κ3) is 2.87. The fourth-order valence-electron chi connectivity index (χ4n) is 1.40. The predicted octanol–water partition coefficient (Wildman–Crippen LogP) is 2.48. The van der Waals surface area contributed by atoms with Gasteiger partial charge in [-0.05, 0) is 6.54 Å². The Labute approximate surface area is 111 Å². The van der Waals surface area contributed by atoms with E-state index in [0.717, 1.165) is 0 Å². The molecule has 9 heteroatoms. The lowest BCUT2D eigenvalue weighted by atomic mass is 10.2. The lowest BCUT2D eigenvalue weighted by Crippen LogP contribution is -2.11. The number of benzene rings is 1. The molecule has 108 valence electrons. The maximum Gasteiger partial charge on any atom is 0.320 e. The van der Waals surface area contributed by atoms with E-state index in [1.54, 1.807) is 0 Å². The molecule has 0 unspecified atom stereocenters. The van der Waals surface area contributed by atoms with Gasteiger partial charge in [-0.25, -0.2) is 17.6 Å². The van der Waals surface area contributed by atoms with Gasteiger partial charge >= 0.3 is 6.01 Å². The standard InChI is InChI=1S/C11H10F4N4O/c1-2-16-4-7-18-19-11(20-7)17-10-8(14)5(12)3-6(13)9(10)15/h3,16H,2,4H2,1H3,(H,17,19). The van der Waals surface area contributed by atoms with Crippen molar-refractivity contribution in [2.24, 2.45) is 0 Å². The summed E-state index contributed by atoms with van der Waals surface area (Å²) in [5, 5.41) is 12.0. The normalized spacial score (nSPS) is 10.8. The average molecular weight is 290 g/mol. The Kier molecular flexibility index (Phi) is 4.18. The van der Waals surface area contributed by atoms with E-state index in [4.69, 9.17) is 4.42 Å². The highest BCUT2D eigenvalue weighted by Gasteiger charge is 2.20. The number of hydrogen-bond acceptors (Lipinski definition) is 5. The summed E-state index contributed by atoms with van der Waals surface area (Å²) in [6.45, 7) is 2.77. The first-order chi connectivity index (χ1) is 9.52. The van der Waals surface area contributed by atoms with Crippen molar-refractivity contribution in [1.82, 2.24) is 15.5 Å². The fraction of sp³-hybridized carbons (Fsp3) is 0.273. The first-order valence-corrected chi connectivity index (χ1v) is 5.66. The molecule has 2 N–H and O–H groups in total. The molecule has 0 saturated heterocycles. The number of halogens is 4. The third-order valence-electron chi connectivity index (χ3n) is 2.34. The van der Waals surface area contributed by atoms with Crippen molar-refractivity contribution in [1.29, 1.82) is 0 Å². The van der Waals surface area contributed by atoms with E-state index >= 15 is 0 Å². The minimum Gasteiger partial charge on any atom is -0.406 e. The van der Waals surface area contributed by atoms with Crippen LogP contribution in [0, 0.1) is 23.3 Å². The van der Waals surface area contributed by atoms with Crippen LogP contribution in [-0.4, -0.2) is 16.7 Å². The van der Waals surface area contributed by atoms with Gasteiger partial charge in [-0.15, -0.1) is 5.10 Å². The molecule has 0 radical (unpaired) electrons. The lowest BCUT2D eigenvalue weighted by Gasteiger charge is -2.06. The van der Waals surface area contributed by atoms with E-state index in [1.165, 1.54) is 0 Å². The number of rotatable bonds is 5. The molecule has 1 aromatic carbocycles. The van der Waals surface area contributed by atoms with Crippen LogP contribution in [0.3, 0.4) is 0 Å². The Bertz CT molecular complexity index is 590. The number of hydrogen-bond donors (Lipinski definition) is 2. The quantitative estimate of drug-likeness (QED) is 0.654. The zero-order valence-corrected chi connectivity index (χ0v) is 10.3. The van der Waals surface area contributed by atoms with Crippen LogP contribution in [0.2, 0.25) is 0 Å². The zero-order chi connectivity index (χ0) is 14.7. The Balaban J connectivity index is 2.24. The maximum absolute atomic E-state index is 13.4. The second-order valence-corrected chi connectivity index (χ2v) is 3.75. The summed E-state index contributed by atoms with van der Waals surface area (Å²) in [6.07, 6.45) is 0. The minimum absolute atomic E-state index is 0.111. The average Bonchev–Trinajstić information content (AvgIpc) is 2.87. The van der Waals surface area contributed by atoms with E-state index in [-0.39, 0.29) is 24.5 Å². The van der Waals surface area contributed by atoms with E-state index in [0.29, 0.717) is 6.54 Å². The topological polar surface area (TPSA) is 63.0 Å². The number of aromatic nitrogens is 2. The predicted molar refractivity (Wildman–Crippen MR) is 61.2 cm³/mol. The van der Waals surface area contributed by atoms with Gasteiger partial charge < -0.3 is 15.1 Å². The Morgan fingerprint density at radius 3 is 2.35 bits per heavy atom. The molecule has 0 aliphatic rings. The number of nitrogens with one attached hydrogen (secondary N) is 2. The Hall–Kier alpha value is -2.16. The zero-order valence-electron chi connectivity index (χ0n) is 10.3. The van der Waals surface area contributed by atoms with Crippen LogP contribution in [0.4, 0.5) is 29.3 Å². The SMILES string of the molecule is CCNCc1nnc(Nc2c(F)c(F)cc(F)c2F)o1. The molecule has 1 aromatic heterocycles. The first kappa shape index (κ1) is 14.3. The van der Waals surface area contributed by atoms with Crippen LogP contribution in [0.5, 0.6) is 0 Å². The van der Waals surface area contributed by atoms with Gasteiger partial charge in [0.15, 0.2) is 23.3 Å². The molecule has 20 heavy (non-hydrogen) atoms. The van der Waals surface area contributed by atoms with Crippen LogP contribution in [0.15, 0.2) is 10.5 Å². The molecule has 0 fully saturated rings. The van der Waals surface area contributed by atoms with Crippen LogP contribution >= 0.6 is 0 Å². The molecule has 2 rings (SSSR count). The van der Waals surface area contributed by atoms with Gasteiger partial charge in [0.2, 0.25) is 5.89 Å². The summed E-state index contributed by atoms with van der Waals surface area (Å²) < 4.78 is 57.8. The van der Waals surface area contributed by atoms with Gasteiger partial charge in [0.1, 0.15) is 5.69 Å². The number of anilines is 2. The molecule has 0 aliphatic heterocycles. The Morgan fingerprint density at radius 1 is 1.10 bits per heavy atom. The first-order valence-electron chi connectivity index (χ1n) is 5.66. The van der Waals surface area contributed by atoms with Crippen molar-refractivity contribution >= 4 is 11.7 Å². The maximum atomic E-state index is 13.4. The highest BCUT2D eigenvalue weighted by Crippen LogP contribution is 2.26. The van der Waals surface area contributed by atoms with Gasteiger partial charge in [-0.1, -0.05) is 12.0 Å². The molecule has 0 aliphatic carbocycles. The monoisotopic (exact) mass is 290 g/mol. The molecule has 0 saturated carbocycles. The van der Waals surface area contributed by atoms with E-state index in [9.17, 15) is 17.6 Å². The second-order valence-electron chi connectivity index (χ2n) is 3.75. The van der Waals surface area contributed by atoms with Crippen molar-refractivity contribution in [3.05, 3.63) is 35.2 Å². The van der Waals surface area contributed by atoms with Gasteiger partial charge in [-0.2, -0.15) is 0 Å². The van der Waals surface area contributed by atoms with Gasteiger partial charge in [0.25, 0.3) is 0 Å². The minimum atomic E-state index is -1.57. The van der Waals surface area contributed by atoms with Crippen molar-refractivity contribution in [3.63, 3.8) is 0 Å². The molecule has 5 nitrogen and oxygen atoms in total. The van der Waals surface area contributed by atoms with Crippen molar-refractivity contribution in [2.45, 2.75) is 13.5 Å². The molecule has 0 amide bonds. The molecule has 2 aromatic rings. The smallest absolute Gasteiger partial charge is 0.320 e. The summed E-state index contributed by atoms with van der Waals surface area (Å²) in [4.78, 5) is 0. The highest BCUT2D eigenvalue weighted by molar-refractivity contribution is 5.54. The summed E-state index contributed by atoms with van der Waals surface area (Å²) >= 11 is 0. The van der Waals surface area contributed by atoms with Gasteiger partial charge in [0, 0.05) is 6.07 Å². The Morgan fingerprint density at radius 2 is 1.75 bits per heavy atom. The van der Waals surface area contributed by atoms with Crippen molar-refractivity contribution in [3.8, 4) is 0 Å². The van der Waals surface area contributed by atoms with E-state index < -0.39 is 29.0 Å². The molecule has 0 atom stereocenters. The lowest BCUT2D eigenvalue weighted by molar-refractivity contribution is 0.455. The molecule has 0 bridgehead atoms. The molecule has 1 heterocycles. The molecular formula is C11H10F4N4O. The second kappa shape index (κ2) is 5.87. The van der Waals surface area contributed by atoms with E-state index in [1.807, 2.05) is 12.2 Å². The summed E-state index contributed by atoms with van der Waals surface area (Å²) in [5.41, 5.74) is -1.03. The highest BCUT2D eigenvalue weighted by atomic mass is 19.2. The summed E-state index contributed by atoms with van der Waals surface area (Å²) in [5.74, 6) is -6.05. The van der Waals surface area contributed by atoms with Crippen LogP contribution in [0.1, 0.15) is 12.8 Å². The third-order valence-corrected chi connectivity index (χ3v) is 2.34. The molecular weight excluding hydrogens is 280 g/mol. The molecule has 0 spiro atoms. The summed E-state index contributed by atoms with van der Waals surface area (Å²) in [7, 11) is 0. The van der Waals surface area contributed by atoms with Gasteiger partial charge in [0.05, 0.1) is 6.54 Å².